The van der Waals surface area contributed by atoms with Crippen molar-refractivity contribution in [2.45, 2.75) is 47.6 Å². The quantitative estimate of drug-likeness (QED) is 0.873. The minimum atomic E-state index is -0.131. The van der Waals surface area contributed by atoms with E-state index >= 15 is 0 Å². The van der Waals surface area contributed by atoms with Gasteiger partial charge in [0.1, 0.15) is 0 Å². The van der Waals surface area contributed by atoms with Crippen LogP contribution in [0.5, 0.6) is 0 Å². The summed E-state index contributed by atoms with van der Waals surface area (Å²) in [7, 11) is 0. The molecule has 0 unspecified atom stereocenters. The zero-order valence-corrected chi connectivity index (χ0v) is 15.4. The largest absolute Gasteiger partial charge is 0.352 e. The number of carbonyl (C=O) groups is 1. The molecule has 0 bridgehead atoms. The van der Waals surface area contributed by atoms with E-state index in [9.17, 15) is 9.59 Å². The highest BCUT2D eigenvalue weighted by molar-refractivity contribution is 7.19. The molecule has 0 radical (unpaired) electrons. The summed E-state index contributed by atoms with van der Waals surface area (Å²) >= 11 is 1.51. The summed E-state index contributed by atoms with van der Waals surface area (Å²) in [6.07, 6.45) is 2.77. The molecule has 0 aliphatic heterocycles. The lowest BCUT2D eigenvalue weighted by molar-refractivity contribution is 0.0953. The fraction of sp³-hybridized carbons (Fsp3) is 0.556. The van der Waals surface area contributed by atoms with Gasteiger partial charge in [0.05, 0.1) is 10.9 Å². The van der Waals surface area contributed by atoms with E-state index in [4.69, 9.17) is 0 Å². The molecule has 0 fully saturated rings. The van der Waals surface area contributed by atoms with Crippen molar-refractivity contribution in [1.29, 1.82) is 0 Å². The van der Waals surface area contributed by atoms with E-state index in [-0.39, 0.29) is 11.5 Å². The fourth-order valence-electron chi connectivity index (χ4n) is 2.64. The SMILES string of the molecule is Cc1sc2ccn(CC(C)C)c(=O)c2c1C(=O)NCCC(C)C. The van der Waals surface area contributed by atoms with E-state index in [0.717, 1.165) is 16.0 Å². The van der Waals surface area contributed by atoms with Gasteiger partial charge in [-0.1, -0.05) is 27.7 Å². The van der Waals surface area contributed by atoms with Crippen LogP contribution in [0.2, 0.25) is 0 Å². The predicted molar refractivity (Wildman–Crippen MR) is 97.4 cm³/mol. The number of nitrogens with one attached hydrogen (secondary N) is 1. The van der Waals surface area contributed by atoms with E-state index in [1.807, 2.05) is 19.2 Å². The van der Waals surface area contributed by atoms with Gasteiger partial charge in [0.2, 0.25) is 0 Å². The molecular weight excluding hydrogens is 308 g/mol. The summed E-state index contributed by atoms with van der Waals surface area (Å²) < 4.78 is 2.60. The normalized spacial score (nSPS) is 11.6. The number of thiophene rings is 1. The van der Waals surface area contributed by atoms with Crippen molar-refractivity contribution in [1.82, 2.24) is 9.88 Å². The third-order valence-corrected chi connectivity index (χ3v) is 4.86. The van der Waals surface area contributed by atoms with Gasteiger partial charge in [-0.3, -0.25) is 9.59 Å². The Morgan fingerprint density at radius 3 is 2.57 bits per heavy atom. The fourth-order valence-corrected chi connectivity index (χ4v) is 3.69. The zero-order valence-electron chi connectivity index (χ0n) is 14.6. The Balaban J connectivity index is 2.40. The minimum absolute atomic E-state index is 0.0606. The Morgan fingerprint density at radius 2 is 1.96 bits per heavy atom. The number of carbonyl (C=O) groups excluding carboxylic acids is 1. The third-order valence-electron chi connectivity index (χ3n) is 3.79. The first-order valence-corrected chi connectivity index (χ1v) is 9.03. The molecule has 0 saturated carbocycles. The third kappa shape index (κ3) is 4.02. The number of nitrogens with zero attached hydrogens (tertiary/aromatic N) is 1. The maximum absolute atomic E-state index is 12.8. The Bertz CT molecular complexity index is 756. The number of amides is 1. The van der Waals surface area contributed by atoms with Gasteiger partial charge in [-0.2, -0.15) is 0 Å². The molecule has 0 spiro atoms. The number of hydrogen-bond donors (Lipinski definition) is 1. The standard InChI is InChI=1S/C18H26N2O2S/c1-11(2)6-8-19-17(21)15-13(5)23-14-7-9-20(10-12(3)4)18(22)16(14)15/h7,9,11-12H,6,8,10H2,1-5H3,(H,19,21). The minimum Gasteiger partial charge on any atom is -0.352 e. The molecule has 1 amide bonds. The topological polar surface area (TPSA) is 51.1 Å². The maximum Gasteiger partial charge on any atom is 0.260 e. The van der Waals surface area contributed by atoms with Crippen LogP contribution in [-0.4, -0.2) is 17.0 Å². The van der Waals surface area contributed by atoms with Crippen molar-refractivity contribution in [2.75, 3.05) is 6.54 Å². The van der Waals surface area contributed by atoms with Crippen molar-refractivity contribution >= 4 is 27.3 Å². The van der Waals surface area contributed by atoms with Gasteiger partial charge in [0.15, 0.2) is 0 Å². The molecule has 2 aromatic rings. The second-order valence-corrected chi connectivity index (χ2v) is 8.13. The van der Waals surface area contributed by atoms with E-state index < -0.39 is 0 Å². The van der Waals surface area contributed by atoms with E-state index in [2.05, 4.69) is 33.0 Å². The maximum atomic E-state index is 12.8. The van der Waals surface area contributed by atoms with Crippen LogP contribution >= 0.6 is 11.3 Å². The monoisotopic (exact) mass is 334 g/mol. The predicted octanol–water partition coefficient (Wildman–Crippen LogP) is 3.80. The van der Waals surface area contributed by atoms with Gasteiger partial charge in [0.25, 0.3) is 11.5 Å². The highest BCUT2D eigenvalue weighted by Crippen LogP contribution is 2.28. The Hall–Kier alpha value is -1.62. The van der Waals surface area contributed by atoms with Gasteiger partial charge in [-0.15, -0.1) is 11.3 Å². The number of aromatic nitrogens is 1. The molecular formula is C18H26N2O2S. The average molecular weight is 334 g/mol. The van der Waals surface area contributed by atoms with Gasteiger partial charge in [-0.25, -0.2) is 0 Å². The van der Waals surface area contributed by atoms with E-state index in [0.29, 0.717) is 35.9 Å². The van der Waals surface area contributed by atoms with Crippen molar-refractivity contribution in [3.8, 4) is 0 Å². The first-order chi connectivity index (χ1) is 10.8. The van der Waals surface area contributed by atoms with Gasteiger partial charge in [-0.05, 0) is 31.2 Å². The molecule has 0 aliphatic carbocycles. The summed E-state index contributed by atoms with van der Waals surface area (Å²) in [6, 6.07) is 1.95. The van der Waals surface area contributed by atoms with Gasteiger partial charge >= 0.3 is 0 Å². The molecule has 5 heteroatoms. The Morgan fingerprint density at radius 1 is 1.26 bits per heavy atom. The molecule has 2 heterocycles. The van der Waals surface area contributed by atoms with Crippen molar-refractivity contribution in [3.63, 3.8) is 0 Å². The number of aryl methyl sites for hydroxylation is 1. The number of rotatable bonds is 6. The smallest absolute Gasteiger partial charge is 0.260 e. The summed E-state index contributed by atoms with van der Waals surface area (Å²) in [4.78, 5) is 26.2. The van der Waals surface area contributed by atoms with Crippen molar-refractivity contribution < 1.29 is 4.79 Å². The van der Waals surface area contributed by atoms with Crippen LogP contribution < -0.4 is 10.9 Å². The molecule has 2 aromatic heterocycles. The first-order valence-electron chi connectivity index (χ1n) is 8.22. The van der Waals surface area contributed by atoms with Gasteiger partial charge in [0, 0.05) is 28.9 Å². The zero-order chi connectivity index (χ0) is 17.1. The lowest BCUT2D eigenvalue weighted by Crippen LogP contribution is -2.28. The molecule has 4 nitrogen and oxygen atoms in total. The molecule has 0 atom stereocenters. The van der Waals surface area contributed by atoms with E-state index in [1.165, 1.54) is 11.3 Å². The highest BCUT2D eigenvalue weighted by Gasteiger charge is 2.20. The van der Waals surface area contributed by atoms with Crippen LogP contribution in [0.15, 0.2) is 17.1 Å². The Labute approximate surface area is 141 Å². The second-order valence-electron chi connectivity index (χ2n) is 6.88. The Kier molecular flexibility index (Phi) is 5.63. The average Bonchev–Trinajstić information content (AvgIpc) is 2.78. The molecule has 0 aromatic carbocycles. The summed E-state index contributed by atoms with van der Waals surface area (Å²) in [5.74, 6) is 0.792. The van der Waals surface area contributed by atoms with Crippen molar-refractivity contribution in [2.24, 2.45) is 11.8 Å². The molecule has 2 rings (SSSR count). The number of fused-ring (bicyclic) bond motifs is 1. The van der Waals surface area contributed by atoms with Crippen LogP contribution in [0.1, 0.15) is 49.4 Å². The highest BCUT2D eigenvalue weighted by atomic mass is 32.1. The van der Waals surface area contributed by atoms with Crippen LogP contribution in [0.3, 0.4) is 0 Å². The second kappa shape index (κ2) is 7.30. The van der Waals surface area contributed by atoms with E-state index in [1.54, 1.807) is 4.57 Å². The van der Waals surface area contributed by atoms with Crippen LogP contribution in [0.4, 0.5) is 0 Å². The molecule has 0 aliphatic rings. The summed E-state index contributed by atoms with van der Waals surface area (Å²) in [5.41, 5.74) is 0.492. The summed E-state index contributed by atoms with van der Waals surface area (Å²) in [6.45, 7) is 11.6. The van der Waals surface area contributed by atoms with Gasteiger partial charge < -0.3 is 9.88 Å². The van der Waals surface area contributed by atoms with Crippen LogP contribution in [-0.2, 0) is 6.54 Å². The number of hydrogen-bond acceptors (Lipinski definition) is 3. The number of pyridine rings is 1. The molecule has 126 valence electrons. The van der Waals surface area contributed by atoms with Crippen LogP contribution in [0, 0.1) is 18.8 Å². The van der Waals surface area contributed by atoms with Crippen molar-refractivity contribution in [3.05, 3.63) is 33.1 Å². The molecule has 1 N–H and O–H groups in total. The van der Waals surface area contributed by atoms with Crippen LogP contribution in [0.25, 0.3) is 10.1 Å². The lowest BCUT2D eigenvalue weighted by Gasteiger charge is -2.10. The molecule has 23 heavy (non-hydrogen) atoms. The summed E-state index contributed by atoms with van der Waals surface area (Å²) in [5, 5.41) is 3.52. The lowest BCUT2D eigenvalue weighted by atomic mass is 10.1. The molecule has 0 saturated heterocycles. The first kappa shape index (κ1) is 17.7.